The maximum atomic E-state index is 2.64. The van der Waals surface area contributed by atoms with E-state index in [-0.39, 0.29) is 21.7 Å². The summed E-state index contributed by atoms with van der Waals surface area (Å²) in [5, 5.41) is 29.8. The normalized spacial score (nSPS) is 13.7. The fourth-order valence-corrected chi connectivity index (χ4v) is 15.9. The first kappa shape index (κ1) is 51.6. The highest BCUT2D eigenvalue weighted by Crippen LogP contribution is 2.61. The SMILES string of the molecule is CC(C)c1cc2c3ccc4c5c(-c6cc(C(C)(C)C)cc(C(C)(C)C)c6)c6cc7c8ccccc8c8cccc(c6c(-c6cc(C(C)(C)C)cc(C(C)(C)C)c6)c5c5ccc(c6cc(C(C)C)c9c(c1-c1cc%10ccccc%10cc1-9)c26)c3c45)c87. The molecule has 0 radical (unpaired) electrons. The Kier molecular flexibility index (Phi) is 10.3. The lowest BCUT2D eigenvalue weighted by molar-refractivity contribution is 0.568. The van der Waals surface area contributed by atoms with Crippen LogP contribution in [0.1, 0.15) is 156 Å². The van der Waals surface area contributed by atoms with E-state index in [1.807, 2.05) is 0 Å². The summed E-state index contributed by atoms with van der Waals surface area (Å²) in [6.07, 6.45) is 0. The predicted octanol–water partition coefficient (Wildman–Crippen LogP) is 25.1. The van der Waals surface area contributed by atoms with Crippen LogP contribution < -0.4 is 0 Å². The van der Waals surface area contributed by atoms with Crippen molar-refractivity contribution in [3.05, 3.63) is 191 Å². The van der Waals surface area contributed by atoms with E-state index in [2.05, 4.69) is 269 Å². The third-order valence-electron chi connectivity index (χ3n) is 20.3. The van der Waals surface area contributed by atoms with Gasteiger partial charge in [0.1, 0.15) is 0 Å². The maximum absolute atomic E-state index is 2.64. The van der Waals surface area contributed by atoms with Gasteiger partial charge in [0.25, 0.3) is 0 Å². The molecule has 0 amide bonds. The highest BCUT2D eigenvalue weighted by Gasteiger charge is 2.35. The third kappa shape index (κ3) is 6.95. The van der Waals surface area contributed by atoms with Crippen LogP contribution in [0.4, 0.5) is 0 Å². The zero-order chi connectivity index (χ0) is 58.3. The second-order valence-electron chi connectivity index (χ2n) is 30.4. The highest BCUT2D eigenvalue weighted by atomic mass is 14.4. The lowest BCUT2D eigenvalue weighted by Gasteiger charge is -2.28. The van der Waals surface area contributed by atoms with Crippen molar-refractivity contribution >= 4 is 118 Å². The zero-order valence-electron chi connectivity index (χ0n) is 52.2. The summed E-state index contributed by atoms with van der Waals surface area (Å²) in [7, 11) is 0. The Labute approximate surface area is 495 Å². The summed E-state index contributed by atoms with van der Waals surface area (Å²) in [6.45, 7) is 38.4. The van der Waals surface area contributed by atoms with Crippen molar-refractivity contribution in [2.45, 2.75) is 144 Å². The zero-order valence-corrected chi connectivity index (χ0v) is 52.2. The molecule has 0 heteroatoms. The van der Waals surface area contributed by atoms with Gasteiger partial charge in [-0.2, -0.15) is 0 Å². The number of rotatable bonds is 4. The molecule has 0 bridgehead atoms. The van der Waals surface area contributed by atoms with Crippen LogP contribution in [0.5, 0.6) is 0 Å². The van der Waals surface area contributed by atoms with Crippen LogP contribution in [0.25, 0.3) is 163 Å². The summed E-state index contributed by atoms with van der Waals surface area (Å²) in [5.41, 5.74) is 19.0. The summed E-state index contributed by atoms with van der Waals surface area (Å²) in [4.78, 5) is 0. The van der Waals surface area contributed by atoms with Gasteiger partial charge in [-0.1, -0.05) is 238 Å². The molecule has 15 aromatic rings. The van der Waals surface area contributed by atoms with E-state index in [9.17, 15) is 0 Å². The molecular formula is C84H76. The van der Waals surface area contributed by atoms with E-state index < -0.39 is 0 Å². The van der Waals surface area contributed by atoms with Gasteiger partial charge in [-0.05, 0) is 260 Å². The van der Waals surface area contributed by atoms with Crippen LogP contribution in [0, 0.1) is 0 Å². The average molecular weight is 1090 g/mol. The Bertz CT molecular complexity index is 5200. The quantitative estimate of drug-likeness (QED) is 0.122. The topological polar surface area (TPSA) is 0 Å². The van der Waals surface area contributed by atoms with Crippen molar-refractivity contribution in [2.24, 2.45) is 0 Å². The fraction of sp³-hybridized carbons (Fsp3) is 0.262. The van der Waals surface area contributed by atoms with Gasteiger partial charge in [0.2, 0.25) is 0 Å². The largest absolute Gasteiger partial charge is 0.0616 e. The predicted molar refractivity (Wildman–Crippen MR) is 371 cm³/mol. The summed E-state index contributed by atoms with van der Waals surface area (Å²) < 4.78 is 0. The van der Waals surface area contributed by atoms with E-state index in [1.54, 1.807) is 0 Å². The third-order valence-corrected chi connectivity index (χ3v) is 20.3. The number of hydrogen-bond acceptors (Lipinski definition) is 0. The number of hydrogen-bond donors (Lipinski definition) is 0. The van der Waals surface area contributed by atoms with Crippen molar-refractivity contribution in [3.8, 4) is 44.5 Å². The number of benzene rings is 13. The van der Waals surface area contributed by atoms with Gasteiger partial charge in [0, 0.05) is 0 Å². The molecule has 1 aliphatic rings. The molecule has 0 heterocycles. The van der Waals surface area contributed by atoms with Crippen molar-refractivity contribution in [3.63, 3.8) is 0 Å². The molecule has 0 aliphatic heterocycles. The van der Waals surface area contributed by atoms with Crippen LogP contribution in [0.3, 0.4) is 0 Å². The molecule has 0 unspecified atom stereocenters. The lowest BCUT2D eigenvalue weighted by atomic mass is 9.76. The van der Waals surface area contributed by atoms with E-state index in [1.165, 1.54) is 196 Å². The maximum Gasteiger partial charge on any atom is -0.000718 e. The van der Waals surface area contributed by atoms with Gasteiger partial charge < -0.3 is 0 Å². The molecule has 0 saturated carbocycles. The van der Waals surface area contributed by atoms with Crippen LogP contribution in [0.15, 0.2) is 158 Å². The van der Waals surface area contributed by atoms with Crippen molar-refractivity contribution < 1.29 is 0 Å². The van der Waals surface area contributed by atoms with Gasteiger partial charge in [-0.15, -0.1) is 0 Å². The number of fused-ring (bicyclic) bond motifs is 14. The average Bonchev–Trinajstić information content (AvgIpc) is 1.46. The van der Waals surface area contributed by atoms with Crippen LogP contribution >= 0.6 is 0 Å². The molecule has 0 fully saturated rings. The van der Waals surface area contributed by atoms with Crippen molar-refractivity contribution in [2.75, 3.05) is 0 Å². The minimum absolute atomic E-state index is 0.0851. The van der Waals surface area contributed by atoms with E-state index in [0.29, 0.717) is 11.8 Å². The molecular weight excluding hydrogens is 1010 g/mol. The minimum Gasteiger partial charge on any atom is -0.0616 e. The highest BCUT2D eigenvalue weighted by molar-refractivity contribution is 6.49. The van der Waals surface area contributed by atoms with Gasteiger partial charge in [-0.3, -0.25) is 0 Å². The first-order valence-corrected chi connectivity index (χ1v) is 31.2. The Balaban J connectivity index is 1.18. The minimum atomic E-state index is -0.0868. The molecule has 0 atom stereocenters. The van der Waals surface area contributed by atoms with Crippen LogP contribution in [-0.2, 0) is 21.7 Å². The molecule has 412 valence electrons. The molecule has 84 heavy (non-hydrogen) atoms. The van der Waals surface area contributed by atoms with Gasteiger partial charge in [0.15, 0.2) is 0 Å². The van der Waals surface area contributed by atoms with Gasteiger partial charge in [-0.25, -0.2) is 0 Å². The molecule has 16 rings (SSSR count). The fourth-order valence-electron chi connectivity index (χ4n) is 15.9. The Morgan fingerprint density at radius 2 is 0.595 bits per heavy atom. The Morgan fingerprint density at radius 3 is 1.07 bits per heavy atom. The van der Waals surface area contributed by atoms with Crippen LogP contribution in [0.2, 0.25) is 0 Å². The van der Waals surface area contributed by atoms with Crippen LogP contribution in [-0.4, -0.2) is 0 Å². The molecule has 0 saturated heterocycles. The Morgan fingerprint density at radius 1 is 0.238 bits per heavy atom. The summed E-state index contributed by atoms with van der Waals surface area (Å²) in [5.74, 6) is 0.639. The lowest BCUT2D eigenvalue weighted by Crippen LogP contribution is -2.16. The standard InChI is InChI=1S/C84H76/c1-43(2)61-40-66-56-28-30-59-73-60(31-29-57(72(56)73)67-41-62(44(3)4)76-64-37-46-23-18-17-22-45(46)36-63(64)75(61)80(76)77(66)67)79-70(48-34-51(83(11,12)13)39-52(35-48)84(14,15)16)74-58-27-21-26-55-53-24-19-20-25-54(53)65(71(55)58)42-68(74)69(78(59)79)47-32-49(81(5,6)7)38-50(33-47)82(8,9)10/h17-44H,1-16H3. The molecule has 1 aliphatic carbocycles. The monoisotopic (exact) mass is 1080 g/mol. The first-order valence-electron chi connectivity index (χ1n) is 31.2. The molecule has 0 spiro atoms. The van der Waals surface area contributed by atoms with Gasteiger partial charge in [0.05, 0.1) is 0 Å². The van der Waals surface area contributed by atoms with Crippen molar-refractivity contribution in [1.82, 2.24) is 0 Å². The van der Waals surface area contributed by atoms with Gasteiger partial charge >= 0.3 is 0 Å². The molecule has 15 aromatic carbocycles. The summed E-state index contributed by atoms with van der Waals surface area (Å²) in [6, 6.07) is 63.8. The first-order chi connectivity index (χ1) is 39.9. The Hall–Kier alpha value is -8.06. The summed E-state index contributed by atoms with van der Waals surface area (Å²) >= 11 is 0. The molecule has 0 nitrogen and oxygen atoms in total. The van der Waals surface area contributed by atoms with E-state index in [4.69, 9.17) is 0 Å². The molecule has 0 N–H and O–H groups in total. The van der Waals surface area contributed by atoms with E-state index >= 15 is 0 Å². The smallest absolute Gasteiger partial charge is 0.000718 e. The van der Waals surface area contributed by atoms with E-state index in [0.717, 1.165) is 0 Å². The molecule has 0 aromatic heterocycles. The van der Waals surface area contributed by atoms with Crippen molar-refractivity contribution in [1.29, 1.82) is 0 Å². The second kappa shape index (κ2) is 16.8. The second-order valence-corrected chi connectivity index (χ2v) is 30.4.